The number of rotatable bonds is 4. The van der Waals surface area contributed by atoms with Crippen molar-refractivity contribution in [3.05, 3.63) is 58.2 Å². The van der Waals surface area contributed by atoms with Crippen LogP contribution in [-0.2, 0) is 0 Å². The van der Waals surface area contributed by atoms with E-state index in [4.69, 9.17) is 0 Å². The SMILES string of the molecule is Cc1ccc(Nc2c(C(=O)O)cc(C(=O)N3CCC(O)CC3)c(F)c2F)c(C)c1. The maximum absolute atomic E-state index is 14.9. The zero-order valence-corrected chi connectivity index (χ0v) is 16.1. The van der Waals surface area contributed by atoms with E-state index in [1.807, 2.05) is 13.0 Å². The fraction of sp³-hybridized carbons (Fsp3) is 0.333. The van der Waals surface area contributed by atoms with Crippen LogP contribution in [0.15, 0.2) is 24.3 Å². The van der Waals surface area contributed by atoms with Crippen molar-refractivity contribution in [3.8, 4) is 0 Å². The van der Waals surface area contributed by atoms with Crippen molar-refractivity contribution in [1.82, 2.24) is 4.90 Å². The number of anilines is 2. The van der Waals surface area contributed by atoms with Gasteiger partial charge in [0.1, 0.15) is 0 Å². The topological polar surface area (TPSA) is 89.9 Å². The highest BCUT2D eigenvalue weighted by Gasteiger charge is 2.30. The molecule has 1 aliphatic heterocycles. The van der Waals surface area contributed by atoms with E-state index >= 15 is 0 Å². The lowest BCUT2D eigenvalue weighted by atomic mass is 10.0. The van der Waals surface area contributed by atoms with E-state index in [0.29, 0.717) is 18.5 Å². The molecule has 29 heavy (non-hydrogen) atoms. The summed E-state index contributed by atoms with van der Waals surface area (Å²) in [6, 6.07) is 6.08. The molecule has 0 aliphatic carbocycles. The molecule has 1 fully saturated rings. The molecule has 6 nitrogen and oxygen atoms in total. The molecule has 154 valence electrons. The van der Waals surface area contributed by atoms with E-state index in [1.165, 1.54) is 4.90 Å². The van der Waals surface area contributed by atoms with Crippen molar-refractivity contribution in [2.45, 2.75) is 32.8 Å². The molecule has 3 rings (SSSR count). The molecular weight excluding hydrogens is 382 g/mol. The molecule has 1 aliphatic rings. The van der Waals surface area contributed by atoms with Gasteiger partial charge in [-0.15, -0.1) is 0 Å². The first-order chi connectivity index (χ1) is 13.7. The van der Waals surface area contributed by atoms with Crippen LogP contribution in [0.2, 0.25) is 0 Å². The lowest BCUT2D eigenvalue weighted by Gasteiger charge is -2.30. The molecule has 0 spiro atoms. The first kappa shape index (κ1) is 20.7. The Morgan fingerprint density at radius 2 is 1.72 bits per heavy atom. The van der Waals surface area contributed by atoms with Crippen LogP contribution in [0.1, 0.15) is 44.7 Å². The van der Waals surface area contributed by atoms with Crippen molar-refractivity contribution in [2.75, 3.05) is 18.4 Å². The Hall–Kier alpha value is -3.00. The highest BCUT2D eigenvalue weighted by Crippen LogP contribution is 2.31. The summed E-state index contributed by atoms with van der Waals surface area (Å²) in [5, 5.41) is 21.7. The summed E-state index contributed by atoms with van der Waals surface area (Å²) in [5.41, 5.74) is 0.415. The normalized spacial score (nSPS) is 14.7. The number of benzene rings is 2. The van der Waals surface area contributed by atoms with Gasteiger partial charge in [0, 0.05) is 18.8 Å². The average Bonchev–Trinajstić information content (AvgIpc) is 2.67. The minimum atomic E-state index is -1.49. The van der Waals surface area contributed by atoms with Gasteiger partial charge in [-0.1, -0.05) is 17.7 Å². The summed E-state index contributed by atoms with van der Waals surface area (Å²) in [6.07, 6.45) is 0.113. The second-order valence-corrected chi connectivity index (χ2v) is 7.25. The minimum Gasteiger partial charge on any atom is -0.478 e. The first-order valence-electron chi connectivity index (χ1n) is 9.26. The summed E-state index contributed by atoms with van der Waals surface area (Å²) in [7, 11) is 0. The third-order valence-corrected chi connectivity index (χ3v) is 5.06. The summed E-state index contributed by atoms with van der Waals surface area (Å²) >= 11 is 0. The number of carbonyl (C=O) groups excluding carboxylic acids is 1. The van der Waals surface area contributed by atoms with Crippen LogP contribution in [0.25, 0.3) is 0 Å². The number of hydrogen-bond acceptors (Lipinski definition) is 4. The van der Waals surface area contributed by atoms with Crippen LogP contribution >= 0.6 is 0 Å². The van der Waals surface area contributed by atoms with E-state index in [1.54, 1.807) is 19.1 Å². The van der Waals surface area contributed by atoms with Gasteiger partial charge in [-0.2, -0.15) is 0 Å². The molecule has 2 aromatic rings. The lowest BCUT2D eigenvalue weighted by Crippen LogP contribution is -2.40. The molecule has 1 amide bonds. The second kappa shape index (κ2) is 8.16. The number of amides is 1. The monoisotopic (exact) mass is 404 g/mol. The molecule has 0 radical (unpaired) electrons. The van der Waals surface area contributed by atoms with Gasteiger partial charge in [-0.25, -0.2) is 13.6 Å². The number of halogens is 2. The van der Waals surface area contributed by atoms with Gasteiger partial charge in [-0.3, -0.25) is 4.79 Å². The van der Waals surface area contributed by atoms with E-state index in [9.17, 15) is 28.6 Å². The van der Waals surface area contributed by atoms with Gasteiger partial charge >= 0.3 is 5.97 Å². The van der Waals surface area contributed by atoms with Gasteiger partial charge in [0.25, 0.3) is 5.91 Å². The smallest absolute Gasteiger partial charge is 0.337 e. The number of carboxylic acids is 1. The summed E-state index contributed by atoms with van der Waals surface area (Å²) in [6.45, 7) is 4.00. The molecule has 2 aromatic carbocycles. The second-order valence-electron chi connectivity index (χ2n) is 7.25. The van der Waals surface area contributed by atoms with Crippen LogP contribution < -0.4 is 5.32 Å². The number of aliphatic hydroxyl groups is 1. The average molecular weight is 404 g/mol. The number of likely N-dealkylation sites (tertiary alicyclic amines) is 1. The molecule has 0 saturated carbocycles. The molecule has 0 unspecified atom stereocenters. The predicted molar refractivity (Wildman–Crippen MR) is 104 cm³/mol. The largest absolute Gasteiger partial charge is 0.478 e. The number of hydrogen-bond donors (Lipinski definition) is 3. The number of aryl methyl sites for hydroxylation is 2. The minimum absolute atomic E-state index is 0.187. The van der Waals surface area contributed by atoms with E-state index in [0.717, 1.165) is 17.2 Å². The van der Waals surface area contributed by atoms with Gasteiger partial charge in [0.15, 0.2) is 11.6 Å². The zero-order valence-electron chi connectivity index (χ0n) is 16.1. The molecule has 1 heterocycles. The Morgan fingerprint density at radius 1 is 1.07 bits per heavy atom. The van der Waals surface area contributed by atoms with Crippen LogP contribution in [0.5, 0.6) is 0 Å². The lowest BCUT2D eigenvalue weighted by molar-refractivity contribution is 0.0542. The highest BCUT2D eigenvalue weighted by molar-refractivity contribution is 6.01. The number of piperidine rings is 1. The van der Waals surface area contributed by atoms with Crippen molar-refractivity contribution in [1.29, 1.82) is 0 Å². The van der Waals surface area contributed by atoms with Crippen LogP contribution in [-0.4, -0.2) is 46.2 Å². The summed E-state index contributed by atoms with van der Waals surface area (Å²) < 4.78 is 29.6. The summed E-state index contributed by atoms with van der Waals surface area (Å²) in [4.78, 5) is 25.6. The van der Waals surface area contributed by atoms with E-state index in [2.05, 4.69) is 5.32 Å². The van der Waals surface area contributed by atoms with Crippen molar-refractivity contribution in [2.24, 2.45) is 0 Å². The van der Waals surface area contributed by atoms with Crippen molar-refractivity contribution < 1.29 is 28.6 Å². The molecule has 0 aromatic heterocycles. The number of aromatic carboxylic acids is 1. The molecular formula is C21H22F2N2O4. The Morgan fingerprint density at radius 3 is 2.31 bits per heavy atom. The van der Waals surface area contributed by atoms with Crippen molar-refractivity contribution >= 4 is 23.3 Å². The van der Waals surface area contributed by atoms with Gasteiger partial charge in [0.05, 0.1) is 22.9 Å². The molecule has 0 bridgehead atoms. The highest BCUT2D eigenvalue weighted by atomic mass is 19.2. The van der Waals surface area contributed by atoms with E-state index in [-0.39, 0.29) is 13.1 Å². The fourth-order valence-corrected chi connectivity index (χ4v) is 3.40. The third kappa shape index (κ3) is 4.22. The Bertz CT molecular complexity index is 970. The fourth-order valence-electron chi connectivity index (χ4n) is 3.40. The van der Waals surface area contributed by atoms with Gasteiger partial charge in [0.2, 0.25) is 0 Å². The number of aliphatic hydroxyl groups excluding tert-OH is 1. The maximum Gasteiger partial charge on any atom is 0.337 e. The van der Waals surface area contributed by atoms with Crippen LogP contribution in [0.3, 0.4) is 0 Å². The molecule has 1 saturated heterocycles. The van der Waals surface area contributed by atoms with Crippen LogP contribution in [0, 0.1) is 25.5 Å². The third-order valence-electron chi connectivity index (χ3n) is 5.06. The Kier molecular flexibility index (Phi) is 5.83. The Balaban J connectivity index is 2.02. The predicted octanol–water partition coefficient (Wildman–Crippen LogP) is 3.62. The zero-order chi connectivity index (χ0) is 21.3. The first-order valence-corrected chi connectivity index (χ1v) is 9.26. The number of nitrogens with one attached hydrogen (secondary N) is 1. The number of nitrogens with zero attached hydrogens (tertiary/aromatic N) is 1. The van der Waals surface area contributed by atoms with Gasteiger partial charge in [-0.05, 0) is 44.4 Å². The standard InChI is InChI=1S/C21H22F2N2O4/c1-11-3-4-16(12(2)9-11)24-19-15(21(28)29)10-14(17(22)18(19)23)20(27)25-7-5-13(26)6-8-25/h3-4,9-10,13,24,26H,5-8H2,1-2H3,(H,28,29). The van der Waals surface area contributed by atoms with Crippen LogP contribution in [0.4, 0.5) is 20.2 Å². The molecule has 0 atom stereocenters. The number of carboxylic acid groups (broad SMARTS) is 1. The quantitative estimate of drug-likeness (QED) is 0.724. The number of carbonyl (C=O) groups is 2. The summed E-state index contributed by atoms with van der Waals surface area (Å²) in [5.74, 6) is -5.11. The van der Waals surface area contributed by atoms with Gasteiger partial charge < -0.3 is 20.4 Å². The maximum atomic E-state index is 14.9. The molecule has 3 N–H and O–H groups in total. The van der Waals surface area contributed by atoms with E-state index < -0.39 is 46.4 Å². The van der Waals surface area contributed by atoms with Crippen molar-refractivity contribution in [3.63, 3.8) is 0 Å². The Labute approximate surface area is 166 Å². The molecule has 8 heteroatoms.